The number of fused-ring (bicyclic) bond motifs is 2. The average Bonchev–Trinajstić information content (AvgIpc) is 3.64. The third kappa shape index (κ3) is 5.19. The SMILES string of the molecule is Cc1ccc2cc([C@H](c3nnnn3Cc3ccccc3)N3CCN(Cc4ccc5c(c4)OCO5)CC3)c(=O)[nH]c2c1. The van der Waals surface area contributed by atoms with Crippen molar-refractivity contribution in [3.05, 3.63) is 111 Å². The molecule has 0 radical (unpaired) electrons. The van der Waals surface area contributed by atoms with Gasteiger partial charge < -0.3 is 14.5 Å². The minimum atomic E-state index is -0.393. The number of ether oxygens (including phenoxy) is 2. The van der Waals surface area contributed by atoms with Crippen molar-refractivity contribution in [2.75, 3.05) is 33.0 Å². The van der Waals surface area contributed by atoms with Crippen molar-refractivity contribution in [2.24, 2.45) is 0 Å². The summed E-state index contributed by atoms with van der Waals surface area (Å²) in [6.45, 7) is 6.85. The van der Waals surface area contributed by atoms with Crippen molar-refractivity contribution >= 4 is 10.9 Å². The number of tetrazole rings is 1. The van der Waals surface area contributed by atoms with Gasteiger partial charge in [0.25, 0.3) is 5.56 Å². The molecule has 0 aliphatic carbocycles. The van der Waals surface area contributed by atoms with Crippen LogP contribution in [0.25, 0.3) is 10.9 Å². The number of pyridine rings is 1. The van der Waals surface area contributed by atoms with E-state index in [-0.39, 0.29) is 12.4 Å². The lowest BCUT2D eigenvalue weighted by Gasteiger charge is -2.38. The van der Waals surface area contributed by atoms with Gasteiger partial charge in [0.1, 0.15) is 6.04 Å². The van der Waals surface area contributed by atoms with Gasteiger partial charge in [-0.3, -0.25) is 14.6 Å². The first-order chi connectivity index (χ1) is 20.1. The predicted octanol–water partition coefficient (Wildman–Crippen LogP) is 3.51. The van der Waals surface area contributed by atoms with Crippen molar-refractivity contribution in [2.45, 2.75) is 26.1 Å². The number of piperazine rings is 1. The number of nitrogens with one attached hydrogen (secondary N) is 1. The normalized spacial score (nSPS) is 16.3. The van der Waals surface area contributed by atoms with Gasteiger partial charge in [-0.1, -0.05) is 48.5 Å². The van der Waals surface area contributed by atoms with E-state index in [9.17, 15) is 4.79 Å². The van der Waals surface area contributed by atoms with Gasteiger partial charge in [0.05, 0.1) is 6.54 Å². The number of hydrogen-bond acceptors (Lipinski definition) is 8. The molecule has 3 aromatic carbocycles. The summed E-state index contributed by atoms with van der Waals surface area (Å²) in [6.07, 6.45) is 0. The number of aromatic amines is 1. The molecule has 7 rings (SSSR count). The Morgan fingerprint density at radius 2 is 1.71 bits per heavy atom. The lowest BCUT2D eigenvalue weighted by molar-refractivity contribution is 0.0998. The smallest absolute Gasteiger partial charge is 0.253 e. The van der Waals surface area contributed by atoms with Crippen molar-refractivity contribution in [3.63, 3.8) is 0 Å². The summed E-state index contributed by atoms with van der Waals surface area (Å²) < 4.78 is 12.8. The lowest BCUT2D eigenvalue weighted by Crippen LogP contribution is -2.48. The van der Waals surface area contributed by atoms with Crippen LogP contribution in [-0.2, 0) is 13.1 Å². The first-order valence-electron chi connectivity index (χ1n) is 13.9. The Labute approximate surface area is 237 Å². The fraction of sp³-hybridized carbons (Fsp3) is 0.290. The fourth-order valence-electron chi connectivity index (χ4n) is 5.79. The van der Waals surface area contributed by atoms with Crippen LogP contribution in [0, 0.1) is 6.92 Å². The summed E-state index contributed by atoms with van der Waals surface area (Å²) in [6, 6.07) is 24.0. The summed E-state index contributed by atoms with van der Waals surface area (Å²) in [7, 11) is 0. The zero-order chi connectivity index (χ0) is 27.8. The zero-order valence-corrected chi connectivity index (χ0v) is 22.9. The maximum Gasteiger partial charge on any atom is 0.253 e. The van der Waals surface area contributed by atoms with E-state index in [1.807, 2.05) is 48.0 Å². The second-order valence-electron chi connectivity index (χ2n) is 10.7. The highest BCUT2D eigenvalue weighted by atomic mass is 16.7. The number of H-pyrrole nitrogens is 1. The van der Waals surface area contributed by atoms with Crippen LogP contribution in [0.3, 0.4) is 0 Å². The monoisotopic (exact) mass is 549 g/mol. The van der Waals surface area contributed by atoms with Gasteiger partial charge in [-0.2, -0.15) is 0 Å². The Morgan fingerprint density at radius 1 is 0.878 bits per heavy atom. The molecule has 0 unspecified atom stereocenters. The van der Waals surface area contributed by atoms with E-state index >= 15 is 0 Å². The summed E-state index contributed by atoms with van der Waals surface area (Å²) >= 11 is 0. The maximum absolute atomic E-state index is 13.6. The molecule has 10 nitrogen and oxygen atoms in total. The highest BCUT2D eigenvalue weighted by Gasteiger charge is 2.33. The van der Waals surface area contributed by atoms with E-state index in [1.54, 1.807) is 0 Å². The van der Waals surface area contributed by atoms with Gasteiger partial charge in [-0.05, 0) is 63.7 Å². The summed E-state index contributed by atoms with van der Waals surface area (Å²) in [5.41, 5.74) is 4.74. The van der Waals surface area contributed by atoms with Crippen LogP contribution >= 0.6 is 0 Å². The van der Waals surface area contributed by atoms with Crippen LogP contribution in [0.1, 0.15) is 34.1 Å². The van der Waals surface area contributed by atoms with Gasteiger partial charge in [-0.15, -0.1) is 5.10 Å². The molecular formula is C31H31N7O3. The molecule has 0 bridgehead atoms. The molecule has 10 heteroatoms. The van der Waals surface area contributed by atoms with Crippen molar-refractivity contribution < 1.29 is 9.47 Å². The van der Waals surface area contributed by atoms with Gasteiger partial charge in [0.15, 0.2) is 17.3 Å². The van der Waals surface area contributed by atoms with E-state index in [0.717, 1.165) is 66.3 Å². The van der Waals surface area contributed by atoms with Crippen LogP contribution in [0.2, 0.25) is 0 Å². The summed E-state index contributed by atoms with van der Waals surface area (Å²) in [5, 5.41) is 13.9. The largest absolute Gasteiger partial charge is 0.454 e. The van der Waals surface area contributed by atoms with Gasteiger partial charge in [0.2, 0.25) is 6.79 Å². The third-order valence-electron chi connectivity index (χ3n) is 7.92. The molecule has 5 aromatic rings. The molecule has 0 amide bonds. The van der Waals surface area contributed by atoms with E-state index in [1.165, 1.54) is 5.56 Å². The molecule has 2 aliphatic rings. The average molecular weight is 550 g/mol. The molecule has 208 valence electrons. The standard InChI is InChI=1S/C31H31N7O3/c1-21-7-9-24-17-25(31(39)32-26(24)15-21)29(30-33-34-35-38(30)19-22-5-3-2-4-6-22)37-13-11-36(12-14-37)18-23-8-10-27-28(16-23)41-20-40-27/h2-10,15-17,29H,11-14,18-20H2,1H3,(H,32,39)/t29-/m1/s1. The number of aromatic nitrogens is 5. The molecule has 41 heavy (non-hydrogen) atoms. The number of rotatable bonds is 7. The van der Waals surface area contributed by atoms with Crippen molar-refractivity contribution in [3.8, 4) is 11.5 Å². The number of nitrogens with zero attached hydrogens (tertiary/aromatic N) is 6. The number of hydrogen-bond donors (Lipinski definition) is 1. The number of benzene rings is 3. The third-order valence-corrected chi connectivity index (χ3v) is 7.92. The molecule has 1 fully saturated rings. The van der Waals surface area contributed by atoms with E-state index < -0.39 is 6.04 Å². The predicted molar refractivity (Wildman–Crippen MR) is 154 cm³/mol. The Bertz CT molecular complexity index is 1740. The van der Waals surface area contributed by atoms with Crippen molar-refractivity contribution in [1.82, 2.24) is 35.0 Å². The Balaban J connectivity index is 1.19. The molecule has 0 spiro atoms. The van der Waals surface area contributed by atoms with Crippen LogP contribution in [-0.4, -0.2) is 68.0 Å². The number of aryl methyl sites for hydroxylation is 1. The minimum absolute atomic E-state index is 0.120. The molecule has 2 aliphatic heterocycles. The Morgan fingerprint density at radius 3 is 2.56 bits per heavy atom. The molecule has 1 N–H and O–H groups in total. The topological polar surface area (TPSA) is 101 Å². The van der Waals surface area contributed by atoms with Gasteiger partial charge >= 0.3 is 0 Å². The fourth-order valence-corrected chi connectivity index (χ4v) is 5.79. The minimum Gasteiger partial charge on any atom is -0.454 e. The second-order valence-corrected chi connectivity index (χ2v) is 10.7. The first-order valence-corrected chi connectivity index (χ1v) is 13.9. The molecule has 0 saturated carbocycles. The summed E-state index contributed by atoms with van der Waals surface area (Å²) in [5.74, 6) is 2.26. The highest BCUT2D eigenvalue weighted by Crippen LogP contribution is 2.33. The Kier molecular flexibility index (Phi) is 6.69. The second kappa shape index (κ2) is 10.8. The van der Waals surface area contributed by atoms with E-state index in [2.05, 4.69) is 66.7 Å². The molecule has 1 saturated heterocycles. The zero-order valence-electron chi connectivity index (χ0n) is 22.9. The molecule has 4 heterocycles. The van der Waals surface area contributed by atoms with Crippen molar-refractivity contribution in [1.29, 1.82) is 0 Å². The molecule has 1 atom stereocenters. The van der Waals surface area contributed by atoms with Crippen LogP contribution in [0.4, 0.5) is 0 Å². The molecular weight excluding hydrogens is 518 g/mol. The maximum atomic E-state index is 13.6. The van der Waals surface area contributed by atoms with Crippen LogP contribution < -0.4 is 15.0 Å². The van der Waals surface area contributed by atoms with Gasteiger partial charge in [0, 0.05) is 43.8 Å². The van der Waals surface area contributed by atoms with E-state index in [4.69, 9.17) is 9.47 Å². The lowest BCUT2D eigenvalue weighted by atomic mass is 10.0. The quantitative estimate of drug-likeness (QED) is 0.329. The van der Waals surface area contributed by atoms with Gasteiger partial charge in [-0.25, -0.2) is 4.68 Å². The first kappa shape index (κ1) is 25.4. The summed E-state index contributed by atoms with van der Waals surface area (Å²) in [4.78, 5) is 21.5. The molecule has 2 aromatic heterocycles. The van der Waals surface area contributed by atoms with Crippen LogP contribution in [0.15, 0.2) is 77.6 Å². The van der Waals surface area contributed by atoms with E-state index in [0.29, 0.717) is 17.9 Å². The van der Waals surface area contributed by atoms with Crippen LogP contribution in [0.5, 0.6) is 11.5 Å². The highest BCUT2D eigenvalue weighted by molar-refractivity contribution is 5.79. The Hall–Kier alpha value is -4.54.